The average Bonchev–Trinajstić information content (AvgIpc) is 3.73. The molecule has 2 saturated heterocycles. The van der Waals surface area contributed by atoms with Gasteiger partial charge < -0.3 is 24.5 Å². The van der Waals surface area contributed by atoms with E-state index in [2.05, 4.69) is 15.3 Å². The van der Waals surface area contributed by atoms with Crippen molar-refractivity contribution in [1.82, 2.24) is 24.8 Å². The smallest absolute Gasteiger partial charge is 0.247 e. The molecule has 2 saturated carbocycles. The van der Waals surface area contributed by atoms with Gasteiger partial charge in [-0.25, -0.2) is 9.97 Å². The number of fused-ring (bicyclic) bond motifs is 1. The van der Waals surface area contributed by atoms with Crippen LogP contribution in [0.4, 0.5) is 5.69 Å². The number of oxazole rings is 1. The molecule has 0 radical (unpaired) electrons. The van der Waals surface area contributed by atoms with Crippen molar-refractivity contribution >= 4 is 34.4 Å². The lowest BCUT2D eigenvalue weighted by Crippen LogP contribution is -2.43. The zero-order chi connectivity index (χ0) is 30.5. The fraction of sp³-hybridized carbons (Fsp3) is 0.457. The Balaban J connectivity index is 0.960. The summed E-state index contributed by atoms with van der Waals surface area (Å²) in [4.78, 5) is 55.4. The van der Waals surface area contributed by atoms with Crippen LogP contribution in [0.3, 0.4) is 0 Å². The minimum absolute atomic E-state index is 0.00632. The van der Waals surface area contributed by atoms with E-state index in [0.717, 1.165) is 66.6 Å². The maximum atomic E-state index is 13.2. The number of amides is 3. The Kier molecular flexibility index (Phi) is 7.15. The summed E-state index contributed by atoms with van der Waals surface area (Å²) in [5, 5.41) is 3.02. The highest BCUT2D eigenvalue weighted by Crippen LogP contribution is 2.38. The molecule has 2 atom stereocenters. The summed E-state index contributed by atoms with van der Waals surface area (Å²) >= 11 is 0. The van der Waals surface area contributed by atoms with Crippen LogP contribution in [0.1, 0.15) is 76.1 Å². The number of carbonyl (C=O) groups excluding carboxylic acids is 3. The summed E-state index contributed by atoms with van der Waals surface area (Å²) < 4.78 is 6.19. The van der Waals surface area contributed by atoms with Gasteiger partial charge in [-0.15, -0.1) is 0 Å². The van der Waals surface area contributed by atoms with Crippen LogP contribution in [0.15, 0.2) is 53.1 Å². The van der Waals surface area contributed by atoms with E-state index in [9.17, 15) is 14.4 Å². The first-order chi connectivity index (χ1) is 22.0. The Morgan fingerprint density at radius 1 is 0.867 bits per heavy atom. The molecule has 2 N–H and O–H groups in total. The average molecular weight is 607 g/mol. The molecule has 4 aromatic rings. The van der Waals surface area contributed by atoms with Crippen LogP contribution in [0, 0.1) is 11.8 Å². The molecule has 10 heteroatoms. The van der Waals surface area contributed by atoms with Gasteiger partial charge in [-0.1, -0.05) is 12.1 Å². The summed E-state index contributed by atoms with van der Waals surface area (Å²) in [6, 6.07) is 13.0. The highest BCUT2D eigenvalue weighted by molar-refractivity contribution is 5.98. The second-order valence-electron chi connectivity index (χ2n) is 13.2. The van der Waals surface area contributed by atoms with Gasteiger partial charge in [-0.3, -0.25) is 14.4 Å². The maximum Gasteiger partial charge on any atom is 0.247 e. The SMILES string of the molecule is O=C(Nc1cccc(-c2cnc(-c3ccc4nc([C@@H]5CCCN5C(=O)CC5CC5)[nH]c4c3)o2)c1)[C@@H]1CCCN1C(=O)CC1CC1. The normalized spacial score (nSPS) is 21.5. The summed E-state index contributed by atoms with van der Waals surface area (Å²) in [6.45, 7) is 1.44. The van der Waals surface area contributed by atoms with Gasteiger partial charge in [0.15, 0.2) is 5.76 Å². The quantitative estimate of drug-likeness (QED) is 0.238. The van der Waals surface area contributed by atoms with E-state index in [4.69, 9.17) is 9.40 Å². The van der Waals surface area contributed by atoms with Crippen molar-refractivity contribution in [1.29, 1.82) is 0 Å². The lowest BCUT2D eigenvalue weighted by molar-refractivity contribution is -0.136. The van der Waals surface area contributed by atoms with Crippen molar-refractivity contribution in [3.05, 3.63) is 54.5 Å². The number of aromatic nitrogens is 3. The molecule has 2 aromatic heterocycles. The van der Waals surface area contributed by atoms with Gasteiger partial charge >= 0.3 is 0 Å². The number of nitrogens with zero attached hydrogens (tertiary/aromatic N) is 4. The van der Waals surface area contributed by atoms with Gasteiger partial charge in [0.05, 0.1) is 23.3 Å². The first-order valence-corrected chi connectivity index (χ1v) is 16.4. The molecular weight excluding hydrogens is 568 g/mol. The number of hydrogen-bond donors (Lipinski definition) is 2. The molecule has 4 aliphatic rings. The van der Waals surface area contributed by atoms with Crippen molar-refractivity contribution in [3.8, 4) is 22.8 Å². The summed E-state index contributed by atoms with van der Waals surface area (Å²) in [6.07, 6.45) is 10.9. The van der Waals surface area contributed by atoms with E-state index in [1.54, 1.807) is 11.1 Å². The van der Waals surface area contributed by atoms with Gasteiger partial charge in [0.2, 0.25) is 23.6 Å². The zero-order valence-corrected chi connectivity index (χ0v) is 25.3. The molecule has 8 rings (SSSR count). The summed E-state index contributed by atoms with van der Waals surface area (Å²) in [5.74, 6) is 3.18. The Morgan fingerprint density at radius 2 is 1.62 bits per heavy atom. The van der Waals surface area contributed by atoms with Crippen LogP contribution in [0.25, 0.3) is 33.8 Å². The van der Waals surface area contributed by atoms with E-state index in [1.807, 2.05) is 47.4 Å². The fourth-order valence-corrected chi connectivity index (χ4v) is 6.90. The molecule has 2 aliphatic carbocycles. The van der Waals surface area contributed by atoms with Crippen LogP contribution >= 0.6 is 0 Å². The molecule has 232 valence electrons. The Labute approximate surface area is 261 Å². The van der Waals surface area contributed by atoms with E-state index in [-0.39, 0.29) is 23.8 Å². The molecule has 4 heterocycles. The monoisotopic (exact) mass is 606 g/mol. The second-order valence-corrected chi connectivity index (χ2v) is 13.2. The molecule has 0 unspecified atom stereocenters. The molecule has 3 amide bonds. The van der Waals surface area contributed by atoms with Crippen molar-refractivity contribution in [2.45, 2.75) is 76.3 Å². The van der Waals surface area contributed by atoms with E-state index < -0.39 is 6.04 Å². The number of rotatable bonds is 9. The topological polar surface area (TPSA) is 124 Å². The van der Waals surface area contributed by atoms with Gasteiger partial charge in [0.1, 0.15) is 11.9 Å². The Hall–Kier alpha value is -4.47. The number of likely N-dealkylation sites (tertiary alicyclic amines) is 2. The van der Waals surface area contributed by atoms with Crippen LogP contribution < -0.4 is 5.32 Å². The third kappa shape index (κ3) is 5.85. The highest BCUT2D eigenvalue weighted by atomic mass is 16.4. The molecule has 0 bridgehead atoms. The van der Waals surface area contributed by atoms with Crippen molar-refractivity contribution in [3.63, 3.8) is 0 Å². The predicted octanol–water partition coefficient (Wildman–Crippen LogP) is 6.08. The number of aromatic amines is 1. The van der Waals surface area contributed by atoms with Gasteiger partial charge in [0, 0.05) is 42.7 Å². The maximum absolute atomic E-state index is 13.2. The van der Waals surface area contributed by atoms with E-state index in [1.165, 1.54) is 12.8 Å². The minimum atomic E-state index is -0.422. The number of benzene rings is 2. The van der Waals surface area contributed by atoms with Crippen molar-refractivity contribution in [2.24, 2.45) is 11.8 Å². The molecule has 45 heavy (non-hydrogen) atoms. The number of imidazole rings is 1. The molecular formula is C35H38N6O4. The minimum Gasteiger partial charge on any atom is -0.436 e. The fourth-order valence-electron chi connectivity index (χ4n) is 6.90. The highest BCUT2D eigenvalue weighted by Gasteiger charge is 2.37. The largest absolute Gasteiger partial charge is 0.436 e. The zero-order valence-electron chi connectivity index (χ0n) is 25.3. The molecule has 4 fully saturated rings. The standard InChI is InChI=1S/C35H38N6O4/c42-31(16-21-8-9-21)40-14-2-6-28(40)33-38-26-13-12-24(19-27(26)39-33)35-36-20-30(45-35)23-4-1-5-25(18-23)37-34(44)29-7-3-15-41(29)32(43)17-22-10-11-22/h1,4-5,12-13,18-22,28-29H,2-3,6-11,14-17H2,(H,37,44)(H,38,39)/t28-,29-/m0/s1. The van der Waals surface area contributed by atoms with Crippen molar-refractivity contribution < 1.29 is 18.8 Å². The van der Waals surface area contributed by atoms with Gasteiger partial charge in [0.25, 0.3) is 0 Å². The van der Waals surface area contributed by atoms with Crippen molar-refractivity contribution in [2.75, 3.05) is 18.4 Å². The van der Waals surface area contributed by atoms with E-state index >= 15 is 0 Å². The molecule has 10 nitrogen and oxygen atoms in total. The first-order valence-electron chi connectivity index (χ1n) is 16.4. The lowest BCUT2D eigenvalue weighted by Gasteiger charge is -2.24. The number of H-pyrrole nitrogens is 1. The van der Waals surface area contributed by atoms with Gasteiger partial charge in [-0.05, 0) is 93.5 Å². The number of anilines is 1. The molecule has 2 aromatic carbocycles. The van der Waals surface area contributed by atoms with Gasteiger partial charge in [-0.2, -0.15) is 0 Å². The van der Waals surface area contributed by atoms with Crippen LogP contribution in [-0.4, -0.2) is 61.6 Å². The Bertz CT molecular complexity index is 1770. The Morgan fingerprint density at radius 3 is 2.42 bits per heavy atom. The third-order valence-corrected chi connectivity index (χ3v) is 9.75. The third-order valence-electron chi connectivity index (χ3n) is 9.75. The van der Waals surface area contributed by atoms with Crippen LogP contribution in [0.2, 0.25) is 0 Å². The lowest BCUT2D eigenvalue weighted by atomic mass is 10.1. The second kappa shape index (κ2) is 11.5. The molecule has 0 spiro atoms. The first kappa shape index (κ1) is 28.0. The van der Waals surface area contributed by atoms with E-state index in [0.29, 0.717) is 55.0 Å². The predicted molar refractivity (Wildman–Crippen MR) is 169 cm³/mol. The van der Waals surface area contributed by atoms with Crippen LogP contribution in [0.5, 0.6) is 0 Å². The number of carbonyl (C=O) groups is 3. The molecule has 2 aliphatic heterocycles. The number of nitrogens with one attached hydrogen (secondary N) is 2. The summed E-state index contributed by atoms with van der Waals surface area (Å²) in [5.41, 5.74) is 3.99. The summed E-state index contributed by atoms with van der Waals surface area (Å²) in [7, 11) is 0. The number of hydrogen-bond acceptors (Lipinski definition) is 6. The van der Waals surface area contributed by atoms with Crippen LogP contribution in [-0.2, 0) is 14.4 Å².